The van der Waals surface area contributed by atoms with Gasteiger partial charge in [0.2, 0.25) is 0 Å². The molecular formula is C17H17NO3. The fraction of sp³-hybridized carbons (Fsp3) is 0.294. The first-order chi connectivity index (χ1) is 10.3. The van der Waals surface area contributed by atoms with Crippen LogP contribution in [0.4, 0.5) is 0 Å². The Hall–Kier alpha value is -2.36. The molecule has 0 N–H and O–H groups in total. The predicted molar refractivity (Wildman–Crippen MR) is 80.0 cm³/mol. The summed E-state index contributed by atoms with van der Waals surface area (Å²) in [5.74, 6) is -0.555. The number of carbonyl (C=O) groups is 2. The molecule has 1 heterocycles. The van der Waals surface area contributed by atoms with Gasteiger partial charge in [-0.05, 0) is 29.7 Å². The molecule has 1 aliphatic rings. The summed E-state index contributed by atoms with van der Waals surface area (Å²) < 4.78 is 5.18. The molecule has 0 aliphatic carbocycles. The van der Waals surface area contributed by atoms with Crippen LogP contribution in [-0.4, -0.2) is 36.5 Å². The zero-order valence-electron chi connectivity index (χ0n) is 11.7. The molecule has 4 heteroatoms. The van der Waals surface area contributed by atoms with Gasteiger partial charge in [0.1, 0.15) is 0 Å². The van der Waals surface area contributed by atoms with Gasteiger partial charge >= 0.3 is 5.97 Å². The fourth-order valence-corrected chi connectivity index (χ4v) is 2.67. The van der Waals surface area contributed by atoms with Gasteiger partial charge in [-0.2, -0.15) is 0 Å². The van der Waals surface area contributed by atoms with Crippen molar-refractivity contribution in [1.82, 2.24) is 4.90 Å². The van der Waals surface area contributed by atoms with E-state index in [9.17, 15) is 9.59 Å². The van der Waals surface area contributed by atoms with Crippen LogP contribution in [0.25, 0.3) is 10.8 Å². The van der Waals surface area contributed by atoms with Crippen LogP contribution in [0, 0.1) is 0 Å². The minimum Gasteiger partial charge on any atom is -0.452 e. The average Bonchev–Trinajstić information content (AvgIpc) is 3.06. The highest BCUT2D eigenvalue weighted by molar-refractivity contribution is 6.04. The smallest absolute Gasteiger partial charge is 0.339 e. The number of hydrogen-bond acceptors (Lipinski definition) is 3. The maximum Gasteiger partial charge on any atom is 0.339 e. The Morgan fingerprint density at radius 3 is 2.52 bits per heavy atom. The summed E-state index contributed by atoms with van der Waals surface area (Å²) in [5, 5.41) is 1.83. The first-order valence-electron chi connectivity index (χ1n) is 7.18. The largest absolute Gasteiger partial charge is 0.452 e. The highest BCUT2D eigenvalue weighted by Crippen LogP contribution is 2.19. The predicted octanol–water partition coefficient (Wildman–Crippen LogP) is 2.62. The second-order valence-electron chi connectivity index (χ2n) is 5.19. The third-order valence-electron chi connectivity index (χ3n) is 3.80. The Balaban J connectivity index is 1.71. The topological polar surface area (TPSA) is 46.6 Å². The maximum absolute atomic E-state index is 12.2. The molecule has 0 atom stereocenters. The van der Waals surface area contributed by atoms with Crippen LogP contribution in [0.5, 0.6) is 0 Å². The number of fused-ring (bicyclic) bond motifs is 1. The van der Waals surface area contributed by atoms with Gasteiger partial charge in [-0.1, -0.05) is 36.4 Å². The summed E-state index contributed by atoms with van der Waals surface area (Å²) in [6.07, 6.45) is 2.06. The Labute approximate surface area is 123 Å². The number of hydrogen-bond donors (Lipinski definition) is 0. The second kappa shape index (κ2) is 5.95. The summed E-state index contributed by atoms with van der Waals surface area (Å²) in [7, 11) is 0. The van der Waals surface area contributed by atoms with Gasteiger partial charge in [-0.25, -0.2) is 4.79 Å². The number of likely N-dealkylation sites (tertiary alicyclic amines) is 1. The van der Waals surface area contributed by atoms with Crippen molar-refractivity contribution in [3.63, 3.8) is 0 Å². The number of nitrogens with zero attached hydrogens (tertiary/aromatic N) is 1. The molecule has 108 valence electrons. The van der Waals surface area contributed by atoms with Crippen LogP contribution < -0.4 is 0 Å². The van der Waals surface area contributed by atoms with Crippen LogP contribution in [0.2, 0.25) is 0 Å². The van der Waals surface area contributed by atoms with Gasteiger partial charge in [0.25, 0.3) is 5.91 Å². The Morgan fingerprint density at radius 2 is 1.71 bits per heavy atom. The van der Waals surface area contributed by atoms with E-state index in [0.29, 0.717) is 5.56 Å². The molecule has 0 bridgehead atoms. The molecule has 2 aromatic rings. The fourth-order valence-electron chi connectivity index (χ4n) is 2.67. The third-order valence-corrected chi connectivity index (χ3v) is 3.80. The molecule has 0 radical (unpaired) electrons. The number of carbonyl (C=O) groups excluding carboxylic acids is 2. The molecule has 0 spiro atoms. The summed E-state index contributed by atoms with van der Waals surface area (Å²) in [4.78, 5) is 25.8. The van der Waals surface area contributed by atoms with E-state index in [4.69, 9.17) is 4.74 Å². The van der Waals surface area contributed by atoms with E-state index in [-0.39, 0.29) is 12.5 Å². The van der Waals surface area contributed by atoms with Crippen LogP contribution in [0.15, 0.2) is 42.5 Å². The molecule has 3 rings (SSSR count). The lowest BCUT2D eigenvalue weighted by atomic mass is 10.1. The SMILES string of the molecule is O=C(OCC(=O)N1CCCC1)c1cccc2ccccc12. The number of esters is 1. The molecule has 1 aliphatic heterocycles. The summed E-state index contributed by atoms with van der Waals surface area (Å²) >= 11 is 0. The molecule has 1 saturated heterocycles. The number of amides is 1. The van der Waals surface area contributed by atoms with Crippen molar-refractivity contribution in [2.45, 2.75) is 12.8 Å². The molecule has 2 aromatic carbocycles. The highest BCUT2D eigenvalue weighted by Gasteiger charge is 2.20. The summed E-state index contributed by atoms with van der Waals surface area (Å²) in [6, 6.07) is 13.1. The molecule has 1 fully saturated rings. The molecular weight excluding hydrogens is 266 g/mol. The van der Waals surface area contributed by atoms with Crippen LogP contribution in [0.1, 0.15) is 23.2 Å². The first-order valence-corrected chi connectivity index (χ1v) is 7.18. The van der Waals surface area contributed by atoms with Gasteiger partial charge in [0.15, 0.2) is 6.61 Å². The Morgan fingerprint density at radius 1 is 1.00 bits per heavy atom. The average molecular weight is 283 g/mol. The van der Waals surface area contributed by atoms with Crippen molar-refractivity contribution in [2.75, 3.05) is 19.7 Å². The van der Waals surface area contributed by atoms with E-state index in [1.807, 2.05) is 36.4 Å². The maximum atomic E-state index is 12.2. The number of rotatable bonds is 3. The quantitative estimate of drug-likeness (QED) is 0.813. The van der Waals surface area contributed by atoms with E-state index >= 15 is 0 Å². The number of ether oxygens (including phenoxy) is 1. The zero-order chi connectivity index (χ0) is 14.7. The van der Waals surface area contributed by atoms with Crippen molar-refractivity contribution >= 4 is 22.6 Å². The summed E-state index contributed by atoms with van der Waals surface area (Å²) in [6.45, 7) is 1.36. The molecule has 0 aromatic heterocycles. The molecule has 4 nitrogen and oxygen atoms in total. The highest BCUT2D eigenvalue weighted by atomic mass is 16.5. The molecule has 21 heavy (non-hydrogen) atoms. The van der Waals surface area contributed by atoms with Crippen LogP contribution >= 0.6 is 0 Å². The van der Waals surface area contributed by atoms with Crippen LogP contribution in [0.3, 0.4) is 0 Å². The van der Waals surface area contributed by atoms with Gasteiger partial charge in [-0.15, -0.1) is 0 Å². The molecule has 0 unspecified atom stereocenters. The lowest BCUT2D eigenvalue weighted by molar-refractivity contribution is -0.133. The lowest BCUT2D eigenvalue weighted by Gasteiger charge is -2.15. The number of benzene rings is 2. The Bertz CT molecular complexity index is 669. The van der Waals surface area contributed by atoms with Gasteiger partial charge in [0.05, 0.1) is 5.56 Å². The standard InChI is InChI=1S/C17H17NO3/c19-16(18-10-3-4-11-18)12-21-17(20)15-9-5-7-13-6-1-2-8-14(13)15/h1-2,5-9H,3-4,10-12H2. The lowest BCUT2D eigenvalue weighted by Crippen LogP contribution is -2.32. The zero-order valence-corrected chi connectivity index (χ0v) is 11.7. The van der Waals surface area contributed by atoms with Gasteiger partial charge in [-0.3, -0.25) is 4.79 Å². The van der Waals surface area contributed by atoms with Gasteiger partial charge < -0.3 is 9.64 Å². The van der Waals surface area contributed by atoms with Crippen LogP contribution in [-0.2, 0) is 9.53 Å². The minimum atomic E-state index is -0.445. The van der Waals surface area contributed by atoms with E-state index in [1.54, 1.807) is 11.0 Å². The van der Waals surface area contributed by atoms with E-state index in [2.05, 4.69) is 0 Å². The van der Waals surface area contributed by atoms with E-state index in [1.165, 1.54) is 0 Å². The second-order valence-corrected chi connectivity index (χ2v) is 5.19. The van der Waals surface area contributed by atoms with Crippen molar-refractivity contribution in [1.29, 1.82) is 0 Å². The normalized spacial score (nSPS) is 14.4. The summed E-state index contributed by atoms with van der Waals surface area (Å²) in [5.41, 5.74) is 0.502. The van der Waals surface area contributed by atoms with Gasteiger partial charge in [0, 0.05) is 13.1 Å². The molecule has 1 amide bonds. The third kappa shape index (κ3) is 2.89. The van der Waals surface area contributed by atoms with E-state index < -0.39 is 5.97 Å². The first kappa shape index (κ1) is 13.6. The van der Waals surface area contributed by atoms with Crippen molar-refractivity contribution in [2.24, 2.45) is 0 Å². The Kier molecular flexibility index (Phi) is 3.86. The molecule has 0 saturated carbocycles. The minimum absolute atomic E-state index is 0.110. The van der Waals surface area contributed by atoms with Crippen molar-refractivity contribution in [3.8, 4) is 0 Å². The monoisotopic (exact) mass is 283 g/mol. The van der Waals surface area contributed by atoms with Crippen molar-refractivity contribution < 1.29 is 14.3 Å². The van der Waals surface area contributed by atoms with Crippen molar-refractivity contribution in [3.05, 3.63) is 48.0 Å². The van der Waals surface area contributed by atoms with E-state index in [0.717, 1.165) is 36.7 Å².